The summed E-state index contributed by atoms with van der Waals surface area (Å²) >= 11 is 0. The fourth-order valence-corrected chi connectivity index (χ4v) is 2.42. The Morgan fingerprint density at radius 1 is 1.31 bits per heavy atom. The third-order valence-electron chi connectivity index (χ3n) is 3.54. The van der Waals surface area contributed by atoms with Crippen LogP contribution in [-0.2, 0) is 4.74 Å². The molecule has 1 aliphatic rings. The van der Waals surface area contributed by atoms with Gasteiger partial charge in [-0.2, -0.15) is 0 Å². The number of nitrogens with one attached hydrogen (secondary N) is 1. The molecule has 1 N–H and O–H groups in total. The molecule has 0 bridgehead atoms. The highest BCUT2D eigenvalue weighted by Gasteiger charge is 2.28. The van der Waals surface area contributed by atoms with E-state index in [1.807, 2.05) is 7.05 Å². The van der Waals surface area contributed by atoms with Crippen LogP contribution in [0.4, 0.5) is 0 Å². The van der Waals surface area contributed by atoms with Gasteiger partial charge in [-0.3, -0.25) is 0 Å². The second-order valence-electron chi connectivity index (χ2n) is 4.74. The van der Waals surface area contributed by atoms with Crippen molar-refractivity contribution in [2.24, 2.45) is 5.92 Å². The van der Waals surface area contributed by atoms with E-state index in [4.69, 9.17) is 4.74 Å². The van der Waals surface area contributed by atoms with Gasteiger partial charge in [-0.25, -0.2) is 0 Å². The molecular formula is C14H21NO. The van der Waals surface area contributed by atoms with Crippen LogP contribution in [0.15, 0.2) is 18.2 Å². The predicted molar refractivity (Wildman–Crippen MR) is 66.6 cm³/mol. The van der Waals surface area contributed by atoms with E-state index in [1.54, 1.807) is 0 Å². The monoisotopic (exact) mass is 219 g/mol. The van der Waals surface area contributed by atoms with Gasteiger partial charge in [0.15, 0.2) is 0 Å². The van der Waals surface area contributed by atoms with Gasteiger partial charge in [-0.15, -0.1) is 0 Å². The zero-order chi connectivity index (χ0) is 11.5. The molecule has 0 saturated carbocycles. The Morgan fingerprint density at radius 2 is 2.12 bits per heavy atom. The highest BCUT2D eigenvalue weighted by atomic mass is 16.5. The maximum absolute atomic E-state index is 5.86. The summed E-state index contributed by atoms with van der Waals surface area (Å²) in [5.74, 6) is 0.618. The van der Waals surface area contributed by atoms with Crippen molar-refractivity contribution < 1.29 is 4.74 Å². The fraction of sp³-hybridized carbons (Fsp3) is 0.571. The molecule has 0 spiro atoms. The van der Waals surface area contributed by atoms with Crippen LogP contribution in [0.2, 0.25) is 0 Å². The van der Waals surface area contributed by atoms with Crippen molar-refractivity contribution in [2.75, 3.05) is 20.2 Å². The van der Waals surface area contributed by atoms with Crippen LogP contribution in [0.5, 0.6) is 0 Å². The van der Waals surface area contributed by atoms with Crippen LogP contribution in [0.1, 0.15) is 29.2 Å². The SMILES string of the molecule is CNCC1CCOC1c1ccc(C)c(C)c1. The largest absolute Gasteiger partial charge is 0.373 e. The molecule has 1 aliphatic heterocycles. The quantitative estimate of drug-likeness (QED) is 0.843. The second-order valence-corrected chi connectivity index (χ2v) is 4.74. The lowest BCUT2D eigenvalue weighted by Gasteiger charge is -2.19. The van der Waals surface area contributed by atoms with Gasteiger partial charge in [0.1, 0.15) is 0 Å². The van der Waals surface area contributed by atoms with E-state index in [2.05, 4.69) is 37.4 Å². The van der Waals surface area contributed by atoms with Crippen LogP contribution < -0.4 is 5.32 Å². The maximum Gasteiger partial charge on any atom is 0.0866 e. The highest BCUT2D eigenvalue weighted by Crippen LogP contribution is 2.34. The summed E-state index contributed by atoms with van der Waals surface area (Å²) in [6.45, 7) is 6.25. The maximum atomic E-state index is 5.86. The van der Waals surface area contributed by atoms with Crippen LogP contribution in [0.25, 0.3) is 0 Å². The average Bonchev–Trinajstić information content (AvgIpc) is 2.71. The van der Waals surface area contributed by atoms with Crippen molar-refractivity contribution in [1.82, 2.24) is 5.32 Å². The molecule has 2 heteroatoms. The Morgan fingerprint density at radius 3 is 2.81 bits per heavy atom. The Kier molecular flexibility index (Phi) is 3.62. The third kappa shape index (κ3) is 2.28. The first-order valence-electron chi connectivity index (χ1n) is 6.05. The molecule has 1 aromatic rings. The standard InChI is InChI=1S/C14H21NO/c1-10-4-5-12(8-11(10)2)14-13(9-15-3)6-7-16-14/h4-5,8,13-15H,6-7,9H2,1-3H3. The molecule has 1 saturated heterocycles. The van der Waals surface area contributed by atoms with Gasteiger partial charge in [0.25, 0.3) is 0 Å². The van der Waals surface area contributed by atoms with E-state index in [9.17, 15) is 0 Å². The number of rotatable bonds is 3. The van der Waals surface area contributed by atoms with Crippen LogP contribution in [0, 0.1) is 19.8 Å². The van der Waals surface area contributed by atoms with E-state index >= 15 is 0 Å². The average molecular weight is 219 g/mol. The van der Waals surface area contributed by atoms with Crippen LogP contribution in [0.3, 0.4) is 0 Å². The van der Waals surface area contributed by atoms with E-state index < -0.39 is 0 Å². The number of ether oxygens (including phenoxy) is 1. The third-order valence-corrected chi connectivity index (χ3v) is 3.54. The minimum atomic E-state index is 0.284. The van der Waals surface area contributed by atoms with E-state index in [-0.39, 0.29) is 6.10 Å². The smallest absolute Gasteiger partial charge is 0.0866 e. The summed E-state index contributed by atoms with van der Waals surface area (Å²) in [5, 5.41) is 3.26. The molecule has 1 fully saturated rings. The zero-order valence-corrected chi connectivity index (χ0v) is 10.4. The molecule has 2 rings (SSSR count). The van der Waals surface area contributed by atoms with Crippen molar-refractivity contribution in [1.29, 1.82) is 0 Å². The molecule has 0 aliphatic carbocycles. The van der Waals surface area contributed by atoms with E-state index in [0.29, 0.717) is 5.92 Å². The van der Waals surface area contributed by atoms with Crippen molar-refractivity contribution in [3.63, 3.8) is 0 Å². The molecule has 2 nitrogen and oxygen atoms in total. The first kappa shape index (κ1) is 11.6. The summed E-state index contributed by atoms with van der Waals surface area (Å²) in [6, 6.07) is 6.68. The van der Waals surface area contributed by atoms with Crippen molar-refractivity contribution in [3.8, 4) is 0 Å². The Balaban J connectivity index is 2.19. The van der Waals surface area contributed by atoms with Gasteiger partial charge >= 0.3 is 0 Å². The fourth-order valence-electron chi connectivity index (χ4n) is 2.42. The minimum Gasteiger partial charge on any atom is -0.373 e. The van der Waals surface area contributed by atoms with Gasteiger partial charge in [-0.05, 0) is 44.0 Å². The molecule has 0 aromatic heterocycles. The molecule has 1 heterocycles. The first-order chi connectivity index (χ1) is 7.72. The van der Waals surface area contributed by atoms with E-state index in [0.717, 1.165) is 13.2 Å². The van der Waals surface area contributed by atoms with Crippen molar-refractivity contribution >= 4 is 0 Å². The number of benzene rings is 1. The molecule has 0 radical (unpaired) electrons. The Labute approximate surface area is 98.0 Å². The van der Waals surface area contributed by atoms with Gasteiger partial charge in [-0.1, -0.05) is 18.2 Å². The topological polar surface area (TPSA) is 21.3 Å². The van der Waals surface area contributed by atoms with Crippen molar-refractivity contribution in [2.45, 2.75) is 26.4 Å². The Hall–Kier alpha value is -0.860. The number of hydrogen-bond donors (Lipinski definition) is 1. The lowest BCUT2D eigenvalue weighted by molar-refractivity contribution is 0.0909. The summed E-state index contributed by atoms with van der Waals surface area (Å²) < 4.78 is 5.86. The Bertz CT molecular complexity index is 362. The molecule has 1 aromatic carbocycles. The lowest BCUT2D eigenvalue weighted by Crippen LogP contribution is -2.21. The summed E-state index contributed by atoms with van der Waals surface area (Å²) in [7, 11) is 2.01. The molecule has 88 valence electrons. The summed E-state index contributed by atoms with van der Waals surface area (Å²) in [4.78, 5) is 0. The summed E-state index contributed by atoms with van der Waals surface area (Å²) in [6.07, 6.45) is 1.45. The highest BCUT2D eigenvalue weighted by molar-refractivity contribution is 5.31. The van der Waals surface area contributed by atoms with Crippen molar-refractivity contribution in [3.05, 3.63) is 34.9 Å². The molecular weight excluding hydrogens is 198 g/mol. The minimum absolute atomic E-state index is 0.284. The zero-order valence-electron chi connectivity index (χ0n) is 10.4. The molecule has 2 unspecified atom stereocenters. The van der Waals surface area contributed by atoms with Gasteiger partial charge in [0.05, 0.1) is 6.10 Å². The van der Waals surface area contributed by atoms with Gasteiger partial charge < -0.3 is 10.1 Å². The normalized spacial score (nSPS) is 24.9. The predicted octanol–water partition coefficient (Wildman–Crippen LogP) is 2.60. The summed E-state index contributed by atoms with van der Waals surface area (Å²) in [5.41, 5.74) is 4.05. The first-order valence-corrected chi connectivity index (χ1v) is 6.05. The van der Waals surface area contributed by atoms with E-state index in [1.165, 1.54) is 23.1 Å². The second kappa shape index (κ2) is 4.98. The molecule has 2 atom stereocenters. The molecule has 16 heavy (non-hydrogen) atoms. The molecule has 0 amide bonds. The van der Waals surface area contributed by atoms with Gasteiger partial charge in [0, 0.05) is 19.1 Å². The lowest BCUT2D eigenvalue weighted by atomic mass is 9.93. The number of hydrogen-bond acceptors (Lipinski definition) is 2. The van der Waals surface area contributed by atoms with Crippen LogP contribution in [-0.4, -0.2) is 20.2 Å². The number of aryl methyl sites for hydroxylation is 2. The van der Waals surface area contributed by atoms with Crippen LogP contribution >= 0.6 is 0 Å². The van der Waals surface area contributed by atoms with Gasteiger partial charge in [0.2, 0.25) is 0 Å².